The van der Waals surface area contributed by atoms with Crippen molar-refractivity contribution in [1.29, 1.82) is 0 Å². The standard InChI is InChI=1S/C17H22N4S2/c1-19-16(12-4-5-12)18-21(17(19)22)10-20-8-6-14-13(7-9-23-14)15(20)11-2-3-11/h7,9,11-12,15H,2-6,8,10H2,1H3/t15-/m1/s1. The van der Waals surface area contributed by atoms with Crippen molar-refractivity contribution in [1.82, 2.24) is 19.2 Å². The average Bonchev–Trinajstić information content (AvgIpc) is 3.47. The molecule has 0 N–H and O–H groups in total. The van der Waals surface area contributed by atoms with Crippen LogP contribution in [-0.2, 0) is 20.1 Å². The van der Waals surface area contributed by atoms with Gasteiger partial charge in [-0.2, -0.15) is 5.10 Å². The maximum absolute atomic E-state index is 5.65. The van der Waals surface area contributed by atoms with Crippen LogP contribution in [0.15, 0.2) is 11.4 Å². The third kappa shape index (κ3) is 2.42. The molecule has 0 saturated heterocycles. The minimum absolute atomic E-state index is 0.582. The Morgan fingerprint density at radius 3 is 2.87 bits per heavy atom. The second-order valence-corrected chi connectivity index (χ2v) is 8.62. The number of hydrogen-bond acceptors (Lipinski definition) is 4. The van der Waals surface area contributed by atoms with Gasteiger partial charge in [0.25, 0.3) is 0 Å². The van der Waals surface area contributed by atoms with Crippen molar-refractivity contribution in [3.63, 3.8) is 0 Å². The molecule has 2 aromatic heterocycles. The van der Waals surface area contributed by atoms with Gasteiger partial charge in [-0.25, -0.2) is 4.68 Å². The van der Waals surface area contributed by atoms with E-state index in [-0.39, 0.29) is 0 Å². The van der Waals surface area contributed by atoms with Crippen molar-refractivity contribution < 1.29 is 0 Å². The van der Waals surface area contributed by atoms with Gasteiger partial charge < -0.3 is 4.57 Å². The molecule has 122 valence electrons. The molecule has 1 atom stereocenters. The molecule has 1 aliphatic heterocycles. The summed E-state index contributed by atoms with van der Waals surface area (Å²) in [5.74, 6) is 2.67. The monoisotopic (exact) mass is 346 g/mol. The van der Waals surface area contributed by atoms with Crippen LogP contribution < -0.4 is 0 Å². The van der Waals surface area contributed by atoms with Gasteiger partial charge in [0, 0.05) is 30.4 Å². The first-order valence-electron chi connectivity index (χ1n) is 8.66. The summed E-state index contributed by atoms with van der Waals surface area (Å²) in [6.45, 7) is 1.97. The molecule has 0 amide bonds. The Hall–Kier alpha value is -0.980. The lowest BCUT2D eigenvalue weighted by Crippen LogP contribution is -2.37. The van der Waals surface area contributed by atoms with Gasteiger partial charge in [-0.15, -0.1) is 11.3 Å². The SMILES string of the molecule is Cn1c(C2CC2)nn(CN2CCc3sccc3[C@H]2C2CC2)c1=S. The fourth-order valence-corrected chi connectivity index (χ4v) is 5.09. The Kier molecular flexibility index (Phi) is 3.29. The smallest absolute Gasteiger partial charge is 0.198 e. The summed E-state index contributed by atoms with van der Waals surface area (Å²) in [5.41, 5.74) is 1.58. The molecule has 4 nitrogen and oxygen atoms in total. The van der Waals surface area contributed by atoms with Crippen LogP contribution in [0.5, 0.6) is 0 Å². The van der Waals surface area contributed by atoms with E-state index >= 15 is 0 Å². The topological polar surface area (TPSA) is 26.0 Å². The number of aromatic nitrogens is 3. The molecule has 5 rings (SSSR count). The predicted molar refractivity (Wildman–Crippen MR) is 94.2 cm³/mol. The molecular formula is C17H22N4S2. The van der Waals surface area contributed by atoms with Crippen LogP contribution in [0.1, 0.15) is 53.9 Å². The molecule has 2 saturated carbocycles. The quantitative estimate of drug-likeness (QED) is 0.786. The first-order chi connectivity index (χ1) is 11.2. The molecule has 0 radical (unpaired) electrons. The summed E-state index contributed by atoms with van der Waals surface area (Å²) in [5, 5.41) is 7.12. The van der Waals surface area contributed by atoms with Gasteiger partial charge in [0.15, 0.2) is 4.77 Å². The van der Waals surface area contributed by atoms with Crippen molar-refractivity contribution >= 4 is 23.6 Å². The zero-order valence-electron chi connectivity index (χ0n) is 13.4. The summed E-state index contributed by atoms with van der Waals surface area (Å²) in [7, 11) is 2.07. The van der Waals surface area contributed by atoms with Crippen LogP contribution in [0, 0.1) is 10.7 Å². The van der Waals surface area contributed by atoms with Gasteiger partial charge in [0.05, 0.1) is 6.67 Å². The van der Waals surface area contributed by atoms with Gasteiger partial charge in [0.1, 0.15) is 5.82 Å². The van der Waals surface area contributed by atoms with Crippen LogP contribution in [0.4, 0.5) is 0 Å². The molecule has 2 fully saturated rings. The highest BCUT2D eigenvalue weighted by atomic mass is 32.1. The van der Waals surface area contributed by atoms with Gasteiger partial charge >= 0.3 is 0 Å². The van der Waals surface area contributed by atoms with Crippen LogP contribution in [0.25, 0.3) is 0 Å². The maximum Gasteiger partial charge on any atom is 0.198 e. The lowest BCUT2D eigenvalue weighted by Gasteiger charge is -2.35. The molecular weight excluding hydrogens is 324 g/mol. The van der Waals surface area contributed by atoms with Crippen molar-refractivity contribution in [2.24, 2.45) is 13.0 Å². The number of fused-ring (bicyclic) bond motifs is 1. The second kappa shape index (κ2) is 5.26. The summed E-state index contributed by atoms with van der Waals surface area (Å²) < 4.78 is 5.06. The highest BCUT2D eigenvalue weighted by Gasteiger charge is 2.40. The Bertz CT molecular complexity index is 794. The number of hydrogen-bond donors (Lipinski definition) is 0. The summed E-state index contributed by atoms with van der Waals surface area (Å²) in [6.07, 6.45) is 6.46. The molecule has 6 heteroatoms. The van der Waals surface area contributed by atoms with Gasteiger partial charge in [-0.05, 0) is 67.2 Å². The van der Waals surface area contributed by atoms with Crippen LogP contribution in [0.3, 0.4) is 0 Å². The average molecular weight is 347 g/mol. The number of nitrogens with zero attached hydrogens (tertiary/aromatic N) is 4. The second-order valence-electron chi connectivity index (χ2n) is 7.26. The minimum atomic E-state index is 0.582. The van der Waals surface area contributed by atoms with E-state index in [0.29, 0.717) is 12.0 Å². The van der Waals surface area contributed by atoms with Crippen molar-refractivity contribution in [3.8, 4) is 0 Å². The zero-order valence-corrected chi connectivity index (χ0v) is 15.1. The number of rotatable bonds is 4. The molecule has 2 aromatic rings. The summed E-state index contributed by atoms with van der Waals surface area (Å²) in [6, 6.07) is 2.93. The molecule has 0 bridgehead atoms. The van der Waals surface area contributed by atoms with Crippen LogP contribution >= 0.6 is 23.6 Å². The van der Waals surface area contributed by atoms with Gasteiger partial charge in [0.2, 0.25) is 0 Å². The highest BCUT2D eigenvalue weighted by Crippen LogP contribution is 2.48. The molecule has 0 unspecified atom stereocenters. The van der Waals surface area contributed by atoms with E-state index in [1.807, 2.05) is 11.3 Å². The summed E-state index contributed by atoms with van der Waals surface area (Å²) >= 11 is 7.58. The lowest BCUT2D eigenvalue weighted by molar-refractivity contribution is 0.117. The normalized spacial score (nSPS) is 24.8. The van der Waals surface area contributed by atoms with E-state index in [1.165, 1.54) is 37.9 Å². The van der Waals surface area contributed by atoms with E-state index in [2.05, 4.69) is 32.6 Å². The first kappa shape index (κ1) is 14.4. The molecule has 0 spiro atoms. The molecule has 23 heavy (non-hydrogen) atoms. The number of thiophene rings is 1. The van der Waals surface area contributed by atoms with Crippen LogP contribution in [0.2, 0.25) is 0 Å². The van der Waals surface area contributed by atoms with Crippen molar-refractivity contribution in [2.45, 2.75) is 50.7 Å². The predicted octanol–water partition coefficient (Wildman–Crippen LogP) is 3.86. The van der Waals surface area contributed by atoms with Gasteiger partial charge in [-0.3, -0.25) is 4.90 Å². The van der Waals surface area contributed by atoms with Crippen molar-refractivity contribution in [2.75, 3.05) is 6.54 Å². The molecule has 0 aromatic carbocycles. The Morgan fingerprint density at radius 2 is 2.13 bits per heavy atom. The highest BCUT2D eigenvalue weighted by molar-refractivity contribution is 7.71. The zero-order chi connectivity index (χ0) is 15.6. The van der Waals surface area contributed by atoms with E-state index in [0.717, 1.165) is 23.9 Å². The third-order valence-electron chi connectivity index (χ3n) is 5.52. The molecule has 3 heterocycles. The van der Waals surface area contributed by atoms with Gasteiger partial charge in [-0.1, -0.05) is 0 Å². The molecule has 2 aliphatic carbocycles. The Morgan fingerprint density at radius 1 is 1.30 bits per heavy atom. The van der Waals surface area contributed by atoms with Crippen LogP contribution in [-0.4, -0.2) is 25.8 Å². The lowest BCUT2D eigenvalue weighted by atomic mass is 9.96. The van der Waals surface area contributed by atoms with E-state index < -0.39 is 0 Å². The fraction of sp³-hybridized carbons (Fsp3) is 0.647. The largest absolute Gasteiger partial charge is 0.307 e. The van der Waals surface area contributed by atoms with E-state index in [9.17, 15) is 0 Å². The minimum Gasteiger partial charge on any atom is -0.307 e. The Balaban J connectivity index is 1.46. The van der Waals surface area contributed by atoms with E-state index in [1.54, 1.807) is 10.4 Å². The first-order valence-corrected chi connectivity index (χ1v) is 9.95. The van der Waals surface area contributed by atoms with E-state index in [4.69, 9.17) is 17.3 Å². The maximum atomic E-state index is 5.65. The van der Waals surface area contributed by atoms with Crippen molar-refractivity contribution in [3.05, 3.63) is 32.5 Å². The molecule has 3 aliphatic rings. The fourth-order valence-electron chi connectivity index (χ4n) is 3.99. The Labute approximate surface area is 145 Å². The third-order valence-corrected chi connectivity index (χ3v) is 7.00. The summed E-state index contributed by atoms with van der Waals surface area (Å²) in [4.78, 5) is 4.22.